The molecule has 3 aromatic carbocycles. The molecule has 9 heteroatoms. The lowest BCUT2D eigenvalue weighted by Crippen LogP contribution is -2.27. The second kappa shape index (κ2) is 12.7. The Morgan fingerprint density at radius 1 is 0.953 bits per heavy atom. The molecular weight excluding hydrogens is 547 g/mol. The number of rotatable bonds is 10. The normalized spacial score (nSPS) is 12.4. The highest BCUT2D eigenvalue weighted by atomic mass is 19.1. The smallest absolute Gasteiger partial charge is 0.412 e. The summed E-state index contributed by atoms with van der Waals surface area (Å²) in [6, 6.07) is 20.6. The number of benzene rings is 3. The number of allylic oxidation sites excluding steroid dienone is 1. The zero-order valence-corrected chi connectivity index (χ0v) is 25.2. The Bertz CT molecular complexity index is 1620. The Hall–Kier alpha value is -4.63. The minimum absolute atomic E-state index is 0.137. The third-order valence-corrected chi connectivity index (χ3v) is 6.79. The molecule has 0 bridgehead atoms. The number of nitrogens with zero attached hydrogens (tertiary/aromatic N) is 1. The highest BCUT2D eigenvalue weighted by Gasteiger charge is 2.21. The second-order valence-corrected chi connectivity index (χ2v) is 12.2. The molecule has 0 aliphatic carbocycles. The summed E-state index contributed by atoms with van der Waals surface area (Å²) in [6.45, 7) is 13.2. The zero-order chi connectivity index (χ0) is 31.4. The molecule has 4 N–H and O–H groups in total. The van der Waals surface area contributed by atoms with Crippen molar-refractivity contribution in [2.24, 2.45) is 5.41 Å². The Balaban J connectivity index is 1.59. The van der Waals surface area contributed by atoms with Crippen LogP contribution in [0.15, 0.2) is 85.5 Å². The van der Waals surface area contributed by atoms with Crippen LogP contribution >= 0.6 is 0 Å². The van der Waals surface area contributed by atoms with Crippen molar-refractivity contribution in [3.63, 3.8) is 0 Å². The number of aromatic nitrogens is 1. The van der Waals surface area contributed by atoms with Crippen molar-refractivity contribution in [1.29, 1.82) is 0 Å². The monoisotopic (exact) mass is 586 g/mol. The van der Waals surface area contributed by atoms with Gasteiger partial charge in [-0.05, 0) is 80.8 Å². The van der Waals surface area contributed by atoms with Crippen molar-refractivity contribution < 1.29 is 23.8 Å². The third kappa shape index (κ3) is 8.45. The molecule has 0 radical (unpaired) electrons. The van der Waals surface area contributed by atoms with Gasteiger partial charge in [0.1, 0.15) is 11.4 Å². The van der Waals surface area contributed by atoms with Crippen molar-refractivity contribution >= 4 is 40.0 Å². The predicted molar refractivity (Wildman–Crippen MR) is 170 cm³/mol. The molecule has 0 saturated carbocycles. The van der Waals surface area contributed by atoms with Crippen molar-refractivity contribution in [2.75, 3.05) is 16.0 Å². The lowest BCUT2D eigenvalue weighted by atomic mass is 9.89. The molecular formula is C34H39FN4O4. The van der Waals surface area contributed by atoms with Crippen molar-refractivity contribution in [3.05, 3.63) is 103 Å². The average Bonchev–Trinajstić information content (AvgIpc) is 3.27. The van der Waals surface area contributed by atoms with E-state index in [2.05, 4.69) is 22.5 Å². The van der Waals surface area contributed by atoms with Crippen LogP contribution in [0.5, 0.6) is 0 Å². The molecule has 4 aromatic rings. The molecule has 0 fully saturated rings. The standard InChI is InChI=1S/C34H39FN4O4/c1-7-34(5,6)20-30(40)36-26-16-17-28-23(18-26)19-29(39(28)21-22-10-8-9-11-27(22)35)31(41)37-24-12-14-25(15-13-24)38-32(42)43-33(2,3)4/h7-19,31,37,41H,1,20-21H2,2-6H3,(H,36,40)(H,38,42). The van der Waals surface area contributed by atoms with Crippen LogP contribution in [0.1, 0.15) is 58.5 Å². The van der Waals surface area contributed by atoms with Gasteiger partial charge in [0.25, 0.3) is 0 Å². The number of anilines is 3. The van der Waals surface area contributed by atoms with Crippen LogP contribution in [0.3, 0.4) is 0 Å². The molecule has 1 aromatic heterocycles. The molecule has 2 amide bonds. The average molecular weight is 587 g/mol. The van der Waals surface area contributed by atoms with Gasteiger partial charge in [0.05, 0.1) is 12.2 Å². The third-order valence-electron chi connectivity index (χ3n) is 6.79. The summed E-state index contributed by atoms with van der Waals surface area (Å²) in [5.74, 6) is -0.485. The van der Waals surface area contributed by atoms with E-state index in [4.69, 9.17) is 4.74 Å². The van der Waals surface area contributed by atoms with Gasteiger partial charge in [-0.15, -0.1) is 6.58 Å². The van der Waals surface area contributed by atoms with Gasteiger partial charge in [-0.25, -0.2) is 9.18 Å². The van der Waals surface area contributed by atoms with Crippen LogP contribution in [0, 0.1) is 11.2 Å². The maximum Gasteiger partial charge on any atom is 0.412 e. The number of hydrogen-bond acceptors (Lipinski definition) is 5. The van der Waals surface area contributed by atoms with E-state index < -0.39 is 17.9 Å². The Kier molecular flexibility index (Phi) is 9.25. The van der Waals surface area contributed by atoms with E-state index in [1.807, 2.05) is 36.6 Å². The lowest BCUT2D eigenvalue weighted by Gasteiger charge is -2.20. The fourth-order valence-electron chi connectivity index (χ4n) is 4.56. The highest BCUT2D eigenvalue weighted by molar-refractivity contribution is 5.94. The van der Waals surface area contributed by atoms with E-state index in [1.54, 1.807) is 75.4 Å². The summed E-state index contributed by atoms with van der Waals surface area (Å²) in [5.41, 5.74) is 2.52. The summed E-state index contributed by atoms with van der Waals surface area (Å²) in [7, 11) is 0. The first-order chi connectivity index (χ1) is 20.2. The molecule has 1 heterocycles. The minimum Gasteiger partial charge on any atom is -0.444 e. The van der Waals surface area contributed by atoms with E-state index in [0.29, 0.717) is 28.3 Å². The Morgan fingerprint density at radius 2 is 1.60 bits per heavy atom. The summed E-state index contributed by atoms with van der Waals surface area (Å²) in [5, 5.41) is 20.8. The molecule has 0 aliphatic heterocycles. The first kappa shape index (κ1) is 31.3. The van der Waals surface area contributed by atoms with Gasteiger partial charge in [0.2, 0.25) is 5.91 Å². The quantitative estimate of drug-likeness (QED) is 0.112. The second-order valence-electron chi connectivity index (χ2n) is 12.2. The molecule has 0 saturated heterocycles. The zero-order valence-electron chi connectivity index (χ0n) is 25.2. The van der Waals surface area contributed by atoms with Gasteiger partial charge < -0.3 is 25.0 Å². The molecule has 0 aliphatic rings. The fourth-order valence-corrected chi connectivity index (χ4v) is 4.56. The Morgan fingerprint density at radius 3 is 2.26 bits per heavy atom. The number of ether oxygens (including phenoxy) is 1. The van der Waals surface area contributed by atoms with Gasteiger partial charge in [-0.1, -0.05) is 38.1 Å². The largest absolute Gasteiger partial charge is 0.444 e. The van der Waals surface area contributed by atoms with E-state index in [1.165, 1.54) is 6.07 Å². The summed E-state index contributed by atoms with van der Waals surface area (Å²) in [6.07, 6.45) is 0.314. The van der Waals surface area contributed by atoms with Crippen LogP contribution in [-0.2, 0) is 16.1 Å². The van der Waals surface area contributed by atoms with Crippen LogP contribution in [-0.4, -0.2) is 27.3 Å². The molecule has 4 rings (SSSR count). The number of hydrogen-bond donors (Lipinski definition) is 4. The first-order valence-electron chi connectivity index (χ1n) is 14.1. The van der Waals surface area contributed by atoms with Gasteiger partial charge in [0, 0.05) is 39.9 Å². The topological polar surface area (TPSA) is 105 Å². The molecule has 0 spiro atoms. The fraction of sp³-hybridized carbons (Fsp3) is 0.294. The number of carbonyl (C=O) groups is 2. The maximum absolute atomic E-state index is 14.7. The van der Waals surface area contributed by atoms with Crippen molar-refractivity contribution in [3.8, 4) is 0 Å². The Labute approximate surface area is 251 Å². The molecule has 1 unspecified atom stereocenters. The number of nitrogens with one attached hydrogen (secondary N) is 3. The molecule has 43 heavy (non-hydrogen) atoms. The van der Waals surface area contributed by atoms with E-state index in [-0.39, 0.29) is 30.1 Å². The van der Waals surface area contributed by atoms with Crippen molar-refractivity contribution in [1.82, 2.24) is 4.57 Å². The SMILES string of the molecule is C=CC(C)(C)CC(=O)Nc1ccc2c(c1)cc(C(O)Nc1ccc(NC(=O)OC(C)(C)C)cc1)n2Cc1ccccc1F. The lowest BCUT2D eigenvalue weighted by molar-refractivity contribution is -0.117. The van der Waals surface area contributed by atoms with E-state index in [0.717, 1.165) is 10.9 Å². The summed E-state index contributed by atoms with van der Waals surface area (Å²) in [4.78, 5) is 24.7. The van der Waals surface area contributed by atoms with Crippen LogP contribution < -0.4 is 16.0 Å². The highest BCUT2D eigenvalue weighted by Crippen LogP contribution is 2.30. The minimum atomic E-state index is -1.16. The van der Waals surface area contributed by atoms with Gasteiger partial charge in [-0.2, -0.15) is 0 Å². The van der Waals surface area contributed by atoms with E-state index >= 15 is 0 Å². The maximum atomic E-state index is 14.7. The number of carbonyl (C=O) groups excluding carboxylic acids is 2. The number of halogens is 1. The number of aliphatic hydroxyl groups is 1. The number of amides is 2. The molecule has 8 nitrogen and oxygen atoms in total. The van der Waals surface area contributed by atoms with Crippen molar-refractivity contribution in [2.45, 2.75) is 59.4 Å². The summed E-state index contributed by atoms with van der Waals surface area (Å²) >= 11 is 0. The van der Waals surface area contributed by atoms with Crippen LogP contribution in [0.2, 0.25) is 0 Å². The number of fused-ring (bicyclic) bond motifs is 1. The summed E-state index contributed by atoms with van der Waals surface area (Å²) < 4.78 is 21.8. The van der Waals surface area contributed by atoms with Crippen LogP contribution in [0.4, 0.5) is 26.2 Å². The molecule has 1 atom stereocenters. The van der Waals surface area contributed by atoms with Gasteiger partial charge in [0.15, 0.2) is 6.23 Å². The predicted octanol–water partition coefficient (Wildman–Crippen LogP) is 7.82. The van der Waals surface area contributed by atoms with Gasteiger partial charge in [-0.3, -0.25) is 10.1 Å². The first-order valence-corrected chi connectivity index (χ1v) is 14.1. The van der Waals surface area contributed by atoms with Crippen LogP contribution in [0.25, 0.3) is 10.9 Å². The van der Waals surface area contributed by atoms with Gasteiger partial charge >= 0.3 is 6.09 Å². The number of aliphatic hydroxyl groups excluding tert-OH is 1. The molecule has 226 valence electrons. The van der Waals surface area contributed by atoms with E-state index in [9.17, 15) is 19.1 Å².